The van der Waals surface area contributed by atoms with Crippen LogP contribution in [-0.2, 0) is 11.3 Å². The van der Waals surface area contributed by atoms with Crippen LogP contribution < -0.4 is 5.73 Å². The van der Waals surface area contributed by atoms with Gasteiger partial charge in [0.25, 0.3) is 0 Å². The van der Waals surface area contributed by atoms with Gasteiger partial charge in [0.1, 0.15) is 0 Å². The molecule has 2 rings (SSSR count). The predicted molar refractivity (Wildman–Crippen MR) is 58.4 cm³/mol. The van der Waals surface area contributed by atoms with Crippen LogP contribution in [0.5, 0.6) is 0 Å². The average Bonchev–Trinajstić information content (AvgIpc) is 2.68. The van der Waals surface area contributed by atoms with Crippen LogP contribution in [-0.4, -0.2) is 22.5 Å². The average molecular weight is 209 g/mol. The maximum atomic E-state index is 5.78. The zero-order chi connectivity index (χ0) is 10.7. The van der Waals surface area contributed by atoms with Crippen LogP contribution in [0.15, 0.2) is 12.4 Å². The second kappa shape index (κ2) is 4.77. The molecule has 1 aromatic heterocycles. The molecule has 1 fully saturated rings. The normalized spacial score (nSPS) is 24.0. The summed E-state index contributed by atoms with van der Waals surface area (Å²) < 4.78 is 7.60. The van der Waals surface area contributed by atoms with Gasteiger partial charge in [-0.2, -0.15) is 5.10 Å². The molecule has 84 valence electrons. The lowest BCUT2D eigenvalue weighted by Gasteiger charge is -2.22. The molecule has 2 N–H and O–H groups in total. The van der Waals surface area contributed by atoms with Gasteiger partial charge in [-0.1, -0.05) is 0 Å². The van der Waals surface area contributed by atoms with Crippen molar-refractivity contribution in [3.05, 3.63) is 18.0 Å². The molecule has 2 heterocycles. The summed E-state index contributed by atoms with van der Waals surface area (Å²) in [7, 11) is 0. The Bertz CT molecular complexity index is 303. The van der Waals surface area contributed by atoms with Crippen molar-refractivity contribution in [2.75, 3.05) is 6.61 Å². The molecule has 0 aliphatic carbocycles. The minimum atomic E-state index is 0.0611. The molecule has 1 aliphatic heterocycles. The van der Waals surface area contributed by atoms with Gasteiger partial charge in [0.15, 0.2) is 0 Å². The van der Waals surface area contributed by atoms with Crippen LogP contribution in [0, 0.1) is 0 Å². The minimum absolute atomic E-state index is 0.0611. The Hall–Kier alpha value is -0.870. The number of nitrogens with two attached hydrogens (primary N) is 1. The third kappa shape index (κ3) is 2.79. The zero-order valence-corrected chi connectivity index (χ0v) is 9.22. The fourth-order valence-electron chi connectivity index (χ4n) is 1.87. The Morgan fingerprint density at radius 1 is 1.67 bits per heavy atom. The molecular weight excluding hydrogens is 190 g/mol. The molecule has 15 heavy (non-hydrogen) atoms. The first-order valence-corrected chi connectivity index (χ1v) is 5.65. The van der Waals surface area contributed by atoms with Crippen molar-refractivity contribution in [1.82, 2.24) is 9.78 Å². The summed E-state index contributed by atoms with van der Waals surface area (Å²) in [6, 6.07) is 0.0611. The van der Waals surface area contributed by atoms with Crippen LogP contribution in [0.25, 0.3) is 0 Å². The summed E-state index contributed by atoms with van der Waals surface area (Å²) >= 11 is 0. The second-order valence-electron chi connectivity index (χ2n) is 4.27. The van der Waals surface area contributed by atoms with Crippen molar-refractivity contribution in [3.63, 3.8) is 0 Å². The van der Waals surface area contributed by atoms with E-state index in [0.29, 0.717) is 6.10 Å². The van der Waals surface area contributed by atoms with Gasteiger partial charge in [-0.15, -0.1) is 0 Å². The lowest BCUT2D eigenvalue weighted by atomic mass is 10.1. The van der Waals surface area contributed by atoms with Gasteiger partial charge in [0.05, 0.1) is 18.8 Å². The summed E-state index contributed by atoms with van der Waals surface area (Å²) in [5.41, 5.74) is 6.86. The largest absolute Gasteiger partial charge is 0.376 e. The van der Waals surface area contributed by atoms with E-state index < -0.39 is 0 Å². The Morgan fingerprint density at radius 2 is 2.53 bits per heavy atom. The first-order chi connectivity index (χ1) is 7.25. The van der Waals surface area contributed by atoms with Gasteiger partial charge < -0.3 is 10.5 Å². The van der Waals surface area contributed by atoms with Gasteiger partial charge >= 0.3 is 0 Å². The lowest BCUT2D eigenvalue weighted by Crippen LogP contribution is -2.24. The van der Waals surface area contributed by atoms with Crippen molar-refractivity contribution < 1.29 is 4.74 Å². The van der Waals surface area contributed by atoms with E-state index >= 15 is 0 Å². The van der Waals surface area contributed by atoms with Crippen LogP contribution in [0.3, 0.4) is 0 Å². The van der Waals surface area contributed by atoms with E-state index in [-0.39, 0.29) is 6.04 Å². The van der Waals surface area contributed by atoms with Crippen LogP contribution in [0.4, 0.5) is 0 Å². The number of nitrogens with zero attached hydrogens (tertiary/aromatic N) is 2. The molecule has 2 unspecified atom stereocenters. The molecule has 4 nitrogen and oxygen atoms in total. The van der Waals surface area contributed by atoms with Crippen molar-refractivity contribution in [2.45, 2.75) is 44.9 Å². The van der Waals surface area contributed by atoms with Crippen LogP contribution >= 0.6 is 0 Å². The highest BCUT2D eigenvalue weighted by molar-refractivity contribution is 5.08. The van der Waals surface area contributed by atoms with Crippen LogP contribution in [0.1, 0.15) is 37.8 Å². The lowest BCUT2D eigenvalue weighted by molar-refractivity contribution is 0.00398. The highest BCUT2D eigenvalue weighted by Gasteiger charge is 2.15. The molecule has 1 aliphatic rings. The van der Waals surface area contributed by atoms with E-state index in [1.54, 1.807) is 0 Å². The van der Waals surface area contributed by atoms with Crippen molar-refractivity contribution >= 4 is 0 Å². The summed E-state index contributed by atoms with van der Waals surface area (Å²) in [5.74, 6) is 0. The molecule has 2 atom stereocenters. The molecular formula is C11H19N3O. The van der Waals surface area contributed by atoms with E-state index in [1.807, 2.05) is 24.0 Å². The van der Waals surface area contributed by atoms with Gasteiger partial charge in [0, 0.05) is 24.4 Å². The quantitative estimate of drug-likeness (QED) is 0.820. The summed E-state index contributed by atoms with van der Waals surface area (Å²) in [4.78, 5) is 0. The number of aromatic nitrogens is 2. The first-order valence-electron chi connectivity index (χ1n) is 5.65. The Morgan fingerprint density at radius 3 is 3.13 bits per heavy atom. The minimum Gasteiger partial charge on any atom is -0.376 e. The standard InChI is InChI=1S/C11H19N3O/c1-9(12)10-6-13-14(7-10)8-11-4-2-3-5-15-11/h6-7,9,11H,2-5,8,12H2,1H3. The van der Waals surface area contributed by atoms with E-state index in [9.17, 15) is 0 Å². The second-order valence-corrected chi connectivity index (χ2v) is 4.27. The van der Waals surface area contributed by atoms with E-state index in [1.165, 1.54) is 12.8 Å². The van der Waals surface area contributed by atoms with E-state index in [2.05, 4.69) is 5.10 Å². The molecule has 4 heteroatoms. The van der Waals surface area contributed by atoms with E-state index in [4.69, 9.17) is 10.5 Å². The molecule has 0 aromatic carbocycles. The first kappa shape index (κ1) is 10.6. The highest BCUT2D eigenvalue weighted by atomic mass is 16.5. The molecule has 0 radical (unpaired) electrons. The zero-order valence-electron chi connectivity index (χ0n) is 9.22. The number of hydrogen-bond donors (Lipinski definition) is 1. The monoisotopic (exact) mass is 209 g/mol. The number of ether oxygens (including phenoxy) is 1. The van der Waals surface area contributed by atoms with Gasteiger partial charge in [-0.05, 0) is 26.2 Å². The van der Waals surface area contributed by atoms with Gasteiger partial charge in [-0.25, -0.2) is 0 Å². The molecule has 0 bridgehead atoms. The fourth-order valence-corrected chi connectivity index (χ4v) is 1.87. The van der Waals surface area contributed by atoms with Gasteiger partial charge in [-0.3, -0.25) is 4.68 Å². The predicted octanol–water partition coefficient (Wildman–Crippen LogP) is 1.47. The molecule has 0 spiro atoms. The number of hydrogen-bond acceptors (Lipinski definition) is 3. The SMILES string of the molecule is CC(N)c1cnn(CC2CCCCO2)c1. The van der Waals surface area contributed by atoms with E-state index in [0.717, 1.165) is 25.1 Å². The van der Waals surface area contributed by atoms with Crippen LogP contribution in [0.2, 0.25) is 0 Å². The fraction of sp³-hybridized carbons (Fsp3) is 0.727. The van der Waals surface area contributed by atoms with Crippen molar-refractivity contribution in [1.29, 1.82) is 0 Å². The Labute approximate surface area is 90.4 Å². The third-order valence-electron chi connectivity index (χ3n) is 2.84. The molecule has 1 saturated heterocycles. The summed E-state index contributed by atoms with van der Waals surface area (Å²) in [6.45, 7) is 3.72. The van der Waals surface area contributed by atoms with Crippen molar-refractivity contribution in [3.8, 4) is 0 Å². The van der Waals surface area contributed by atoms with Gasteiger partial charge in [0.2, 0.25) is 0 Å². The Kier molecular flexibility index (Phi) is 3.38. The molecule has 1 aromatic rings. The smallest absolute Gasteiger partial charge is 0.0770 e. The molecule has 0 amide bonds. The highest BCUT2D eigenvalue weighted by Crippen LogP contribution is 2.15. The topological polar surface area (TPSA) is 53.1 Å². The number of rotatable bonds is 3. The Balaban J connectivity index is 1.91. The third-order valence-corrected chi connectivity index (χ3v) is 2.84. The summed E-state index contributed by atoms with van der Waals surface area (Å²) in [5, 5.41) is 4.29. The summed E-state index contributed by atoms with van der Waals surface area (Å²) in [6.07, 6.45) is 7.80. The maximum absolute atomic E-state index is 5.78. The maximum Gasteiger partial charge on any atom is 0.0770 e. The van der Waals surface area contributed by atoms with Crippen molar-refractivity contribution in [2.24, 2.45) is 5.73 Å². The molecule has 0 saturated carbocycles.